The van der Waals surface area contributed by atoms with E-state index in [4.69, 9.17) is 16.3 Å². The molecule has 0 aromatic heterocycles. The number of hydrogen-bond donors (Lipinski definition) is 1. The Hall–Kier alpha value is -1.85. The van der Waals surface area contributed by atoms with Crippen molar-refractivity contribution in [1.82, 2.24) is 9.80 Å². The molecule has 0 spiro atoms. The van der Waals surface area contributed by atoms with Gasteiger partial charge in [0.15, 0.2) is 0 Å². The number of benzene rings is 2. The predicted molar refractivity (Wildman–Crippen MR) is 132 cm³/mol. The fraction of sp³-hybridized carbons (Fsp3) is 0.481. The molecule has 1 saturated carbocycles. The van der Waals surface area contributed by atoms with E-state index in [1.165, 1.54) is 12.0 Å². The van der Waals surface area contributed by atoms with Gasteiger partial charge in [-0.25, -0.2) is 0 Å². The number of hydrogen-bond acceptors (Lipinski definition) is 4. The highest BCUT2D eigenvalue weighted by Gasteiger charge is 2.34. The molecule has 1 aliphatic heterocycles. The highest BCUT2D eigenvalue weighted by molar-refractivity contribution is 6.30. The van der Waals surface area contributed by atoms with Crippen LogP contribution in [0, 0.1) is 0 Å². The van der Waals surface area contributed by atoms with Gasteiger partial charge in [-0.3, -0.25) is 9.80 Å². The molecule has 4 rings (SSSR count). The Bertz CT molecular complexity index is 915. The number of ether oxygens (including phenoxy) is 1. The lowest BCUT2D eigenvalue weighted by atomic mass is 9.76. The Morgan fingerprint density at radius 1 is 1.00 bits per heavy atom. The summed E-state index contributed by atoms with van der Waals surface area (Å²) in [4.78, 5) is 4.98. The standard InChI is InChI=1S/C27H35ClN2O2/c1-32-25-10-6-8-23(20-25)26(27(31)12-3-2-4-13-27)11-14-29-15-17-30(18-16-29)21-22-7-5-9-24(28)19-22/h5-11,19-20,31H,2-4,12-18,21H2,1H3. The fourth-order valence-corrected chi connectivity index (χ4v) is 5.23. The number of rotatable bonds is 7. The van der Waals surface area contributed by atoms with Crippen LogP contribution in [0.2, 0.25) is 5.02 Å². The molecule has 2 aliphatic rings. The van der Waals surface area contributed by atoms with Gasteiger partial charge >= 0.3 is 0 Å². The third-order valence-corrected chi connectivity index (χ3v) is 7.11. The molecule has 0 atom stereocenters. The van der Waals surface area contributed by atoms with E-state index in [0.29, 0.717) is 0 Å². The highest BCUT2D eigenvalue weighted by Crippen LogP contribution is 2.40. The molecule has 0 amide bonds. The lowest BCUT2D eigenvalue weighted by Crippen LogP contribution is -2.46. The van der Waals surface area contributed by atoms with Crippen molar-refractivity contribution >= 4 is 17.2 Å². The molecular formula is C27H35ClN2O2. The van der Waals surface area contributed by atoms with Crippen LogP contribution in [0.4, 0.5) is 0 Å². The second kappa shape index (κ2) is 10.8. The van der Waals surface area contributed by atoms with E-state index in [2.05, 4.69) is 40.1 Å². The van der Waals surface area contributed by atoms with Gasteiger partial charge in [0.05, 0.1) is 12.7 Å². The molecule has 0 unspecified atom stereocenters. The lowest BCUT2D eigenvalue weighted by molar-refractivity contribution is 0.0608. The molecule has 0 bridgehead atoms. The van der Waals surface area contributed by atoms with Crippen LogP contribution >= 0.6 is 11.6 Å². The zero-order valence-electron chi connectivity index (χ0n) is 19.1. The lowest BCUT2D eigenvalue weighted by Gasteiger charge is -2.37. The van der Waals surface area contributed by atoms with Crippen LogP contribution in [0.25, 0.3) is 5.57 Å². The van der Waals surface area contributed by atoms with Crippen molar-refractivity contribution in [3.05, 3.63) is 70.8 Å². The quantitative estimate of drug-likeness (QED) is 0.620. The summed E-state index contributed by atoms with van der Waals surface area (Å²) in [6.07, 6.45) is 7.32. The van der Waals surface area contributed by atoms with Gasteiger partial charge in [0, 0.05) is 44.3 Å². The summed E-state index contributed by atoms with van der Waals surface area (Å²) < 4.78 is 5.45. The summed E-state index contributed by atoms with van der Waals surface area (Å²) in [5.74, 6) is 0.836. The highest BCUT2D eigenvalue weighted by atomic mass is 35.5. The molecule has 1 aliphatic carbocycles. The van der Waals surface area contributed by atoms with Gasteiger partial charge in [-0.1, -0.05) is 61.2 Å². The zero-order valence-corrected chi connectivity index (χ0v) is 19.9. The van der Waals surface area contributed by atoms with Crippen molar-refractivity contribution in [2.75, 3.05) is 39.8 Å². The Labute approximate surface area is 197 Å². The first-order valence-electron chi connectivity index (χ1n) is 11.8. The maximum atomic E-state index is 11.6. The first-order valence-corrected chi connectivity index (χ1v) is 12.2. The Balaban J connectivity index is 1.42. The molecule has 1 saturated heterocycles. The summed E-state index contributed by atoms with van der Waals surface area (Å²) in [6.45, 7) is 5.94. The Morgan fingerprint density at radius 3 is 2.44 bits per heavy atom. The van der Waals surface area contributed by atoms with Crippen LogP contribution in [0.1, 0.15) is 43.2 Å². The number of nitrogens with zero attached hydrogens (tertiary/aromatic N) is 2. The van der Waals surface area contributed by atoms with Gasteiger partial charge in [-0.2, -0.15) is 0 Å². The van der Waals surface area contributed by atoms with Gasteiger partial charge < -0.3 is 9.84 Å². The van der Waals surface area contributed by atoms with Gasteiger partial charge in [-0.15, -0.1) is 0 Å². The molecule has 5 heteroatoms. The molecule has 2 aromatic carbocycles. The SMILES string of the molecule is COc1cccc(C(=CCN2CCN(Cc3cccc(Cl)c3)CC2)C2(O)CCCCC2)c1. The van der Waals surface area contributed by atoms with Crippen LogP contribution in [-0.4, -0.2) is 60.3 Å². The van der Waals surface area contributed by atoms with Gasteiger partial charge in [-0.05, 0) is 53.8 Å². The van der Waals surface area contributed by atoms with E-state index in [1.54, 1.807) is 7.11 Å². The van der Waals surface area contributed by atoms with E-state index in [1.807, 2.05) is 24.3 Å². The number of halogens is 1. The van der Waals surface area contributed by atoms with Crippen LogP contribution in [0.15, 0.2) is 54.6 Å². The molecular weight excluding hydrogens is 420 g/mol. The zero-order chi connectivity index (χ0) is 22.4. The summed E-state index contributed by atoms with van der Waals surface area (Å²) in [6, 6.07) is 16.3. The first kappa shape index (κ1) is 23.3. The Kier molecular flexibility index (Phi) is 7.90. The number of methoxy groups -OCH3 is 1. The third-order valence-electron chi connectivity index (χ3n) is 6.88. The summed E-state index contributed by atoms with van der Waals surface area (Å²) in [5, 5.41) is 12.4. The second-order valence-electron chi connectivity index (χ2n) is 9.15. The maximum Gasteiger partial charge on any atom is 0.119 e. The third kappa shape index (κ3) is 5.93. The normalized spacial score (nSPS) is 20.3. The van der Waals surface area contributed by atoms with Crippen LogP contribution in [0.3, 0.4) is 0 Å². The molecule has 172 valence electrons. The summed E-state index contributed by atoms with van der Waals surface area (Å²) in [5.41, 5.74) is 2.68. The van der Waals surface area contributed by atoms with Gasteiger partial charge in [0.2, 0.25) is 0 Å². The molecule has 2 aromatic rings. The molecule has 1 N–H and O–H groups in total. The van der Waals surface area contributed by atoms with E-state index in [9.17, 15) is 5.11 Å². The van der Waals surface area contributed by atoms with Gasteiger partial charge in [0.1, 0.15) is 5.75 Å². The molecule has 32 heavy (non-hydrogen) atoms. The number of aliphatic hydroxyl groups is 1. The van der Waals surface area contributed by atoms with E-state index < -0.39 is 5.60 Å². The van der Waals surface area contributed by atoms with Crippen molar-refractivity contribution in [2.45, 2.75) is 44.2 Å². The van der Waals surface area contributed by atoms with Crippen molar-refractivity contribution in [3.8, 4) is 5.75 Å². The minimum Gasteiger partial charge on any atom is -0.497 e. The smallest absolute Gasteiger partial charge is 0.119 e. The second-order valence-corrected chi connectivity index (χ2v) is 9.59. The van der Waals surface area contributed by atoms with E-state index in [0.717, 1.165) is 86.9 Å². The predicted octanol–water partition coefficient (Wildman–Crippen LogP) is 5.25. The summed E-state index contributed by atoms with van der Waals surface area (Å²) >= 11 is 6.14. The topological polar surface area (TPSA) is 35.9 Å². The first-order chi connectivity index (χ1) is 15.6. The van der Waals surface area contributed by atoms with Crippen molar-refractivity contribution in [2.24, 2.45) is 0 Å². The van der Waals surface area contributed by atoms with Crippen LogP contribution in [0.5, 0.6) is 5.75 Å². The van der Waals surface area contributed by atoms with Gasteiger partial charge in [0.25, 0.3) is 0 Å². The fourth-order valence-electron chi connectivity index (χ4n) is 5.02. The largest absolute Gasteiger partial charge is 0.497 e. The number of piperazine rings is 1. The van der Waals surface area contributed by atoms with Crippen molar-refractivity contribution in [3.63, 3.8) is 0 Å². The molecule has 0 radical (unpaired) electrons. The average Bonchev–Trinajstić information content (AvgIpc) is 2.81. The minimum atomic E-state index is -0.737. The minimum absolute atomic E-state index is 0.737. The van der Waals surface area contributed by atoms with Crippen molar-refractivity contribution in [1.29, 1.82) is 0 Å². The molecule has 2 fully saturated rings. The van der Waals surface area contributed by atoms with E-state index in [-0.39, 0.29) is 0 Å². The summed E-state index contributed by atoms with van der Waals surface area (Å²) in [7, 11) is 1.70. The van der Waals surface area contributed by atoms with Crippen LogP contribution in [-0.2, 0) is 6.54 Å². The van der Waals surface area contributed by atoms with Crippen LogP contribution < -0.4 is 4.74 Å². The molecule has 4 nitrogen and oxygen atoms in total. The average molecular weight is 455 g/mol. The Morgan fingerprint density at radius 2 is 1.72 bits per heavy atom. The van der Waals surface area contributed by atoms with E-state index >= 15 is 0 Å². The maximum absolute atomic E-state index is 11.6. The monoisotopic (exact) mass is 454 g/mol. The van der Waals surface area contributed by atoms with Crippen molar-refractivity contribution < 1.29 is 9.84 Å². The molecule has 1 heterocycles.